The molecular weight excluding hydrogens is 348 g/mol. The molecule has 1 aromatic carbocycles. The Morgan fingerprint density at radius 2 is 1.88 bits per heavy atom. The Hall–Kier alpha value is -2.34. The number of aryl methyl sites for hydroxylation is 1. The van der Waals surface area contributed by atoms with Gasteiger partial charge >= 0.3 is 0 Å². The third-order valence-electron chi connectivity index (χ3n) is 4.01. The minimum Gasteiger partial charge on any atom is -0.315 e. The molecule has 130 valence electrons. The van der Waals surface area contributed by atoms with E-state index in [2.05, 4.69) is 16.9 Å². The van der Waals surface area contributed by atoms with E-state index in [9.17, 15) is 13.6 Å². The van der Waals surface area contributed by atoms with Crippen LogP contribution < -0.4 is 5.56 Å². The number of pyridine rings is 1. The molecule has 3 rings (SSSR count). The van der Waals surface area contributed by atoms with E-state index in [4.69, 9.17) is 11.6 Å². The molecule has 0 atom stereocenters. The second kappa shape index (κ2) is 7.27. The van der Waals surface area contributed by atoms with E-state index in [0.717, 1.165) is 19.3 Å². The van der Waals surface area contributed by atoms with Crippen molar-refractivity contribution in [3.8, 4) is 11.4 Å². The predicted octanol–water partition coefficient (Wildman–Crippen LogP) is 4.58. The Bertz CT molecular complexity index is 971. The van der Waals surface area contributed by atoms with Gasteiger partial charge in [-0.3, -0.25) is 4.79 Å². The standard InChI is InChI=1S/C18H16ClF2N3O/c1-2-3-4-6-24-7-5-11-8-13(17-22-9-12(19)10-23-17)15(20)16(21)14(11)18(24)25/h5,7-10H,2-4,6H2,1H3. The zero-order valence-electron chi connectivity index (χ0n) is 13.6. The molecule has 0 aliphatic carbocycles. The molecule has 4 nitrogen and oxygen atoms in total. The lowest BCUT2D eigenvalue weighted by molar-refractivity contribution is 0.516. The number of hydrogen-bond acceptors (Lipinski definition) is 3. The SMILES string of the molecule is CCCCCn1ccc2cc(-c3ncc(Cl)cn3)c(F)c(F)c2c1=O. The molecule has 0 N–H and O–H groups in total. The lowest BCUT2D eigenvalue weighted by atomic mass is 10.1. The lowest BCUT2D eigenvalue weighted by Crippen LogP contribution is -2.21. The van der Waals surface area contributed by atoms with Crippen molar-refractivity contribution in [2.24, 2.45) is 0 Å². The Labute approximate surface area is 148 Å². The molecule has 0 saturated carbocycles. The molecular formula is C18H16ClF2N3O. The summed E-state index contributed by atoms with van der Waals surface area (Å²) < 4.78 is 30.5. The van der Waals surface area contributed by atoms with Crippen LogP contribution in [-0.2, 0) is 6.54 Å². The Morgan fingerprint density at radius 1 is 1.16 bits per heavy atom. The summed E-state index contributed by atoms with van der Waals surface area (Å²) in [6.45, 7) is 2.53. The Balaban J connectivity index is 2.13. The third kappa shape index (κ3) is 3.39. The molecule has 3 aromatic rings. The van der Waals surface area contributed by atoms with Crippen molar-refractivity contribution in [3.63, 3.8) is 0 Å². The van der Waals surface area contributed by atoms with Crippen LogP contribution in [0.15, 0.2) is 35.5 Å². The van der Waals surface area contributed by atoms with E-state index >= 15 is 0 Å². The maximum absolute atomic E-state index is 14.6. The average Bonchev–Trinajstić information content (AvgIpc) is 2.61. The first-order valence-corrected chi connectivity index (χ1v) is 8.39. The highest BCUT2D eigenvalue weighted by molar-refractivity contribution is 6.30. The number of aromatic nitrogens is 3. The first-order valence-electron chi connectivity index (χ1n) is 8.02. The van der Waals surface area contributed by atoms with Gasteiger partial charge in [-0.15, -0.1) is 0 Å². The minimum atomic E-state index is -1.18. The summed E-state index contributed by atoms with van der Waals surface area (Å²) in [7, 11) is 0. The van der Waals surface area contributed by atoms with Crippen LogP contribution in [0.1, 0.15) is 26.2 Å². The maximum atomic E-state index is 14.6. The van der Waals surface area contributed by atoms with Crippen molar-refractivity contribution in [2.45, 2.75) is 32.7 Å². The van der Waals surface area contributed by atoms with Gasteiger partial charge in [-0.2, -0.15) is 0 Å². The lowest BCUT2D eigenvalue weighted by Gasteiger charge is -2.10. The third-order valence-corrected chi connectivity index (χ3v) is 4.20. The van der Waals surface area contributed by atoms with Gasteiger partial charge in [0.05, 0.1) is 16.0 Å². The molecule has 2 heterocycles. The molecule has 25 heavy (non-hydrogen) atoms. The van der Waals surface area contributed by atoms with Gasteiger partial charge in [0.2, 0.25) is 0 Å². The average molecular weight is 364 g/mol. The molecule has 0 radical (unpaired) electrons. The topological polar surface area (TPSA) is 47.8 Å². The number of benzene rings is 1. The molecule has 0 amide bonds. The van der Waals surface area contributed by atoms with Gasteiger partial charge in [0.25, 0.3) is 5.56 Å². The second-order valence-electron chi connectivity index (χ2n) is 5.76. The molecule has 0 aliphatic rings. The number of rotatable bonds is 5. The van der Waals surface area contributed by atoms with Crippen LogP contribution in [0.4, 0.5) is 8.78 Å². The van der Waals surface area contributed by atoms with Crippen molar-refractivity contribution in [3.05, 3.63) is 57.7 Å². The normalized spacial score (nSPS) is 11.2. The number of nitrogens with zero attached hydrogens (tertiary/aromatic N) is 3. The van der Waals surface area contributed by atoms with Gasteiger partial charge in [0.1, 0.15) is 0 Å². The monoisotopic (exact) mass is 363 g/mol. The maximum Gasteiger partial charge on any atom is 0.261 e. The second-order valence-corrected chi connectivity index (χ2v) is 6.20. The van der Waals surface area contributed by atoms with Gasteiger partial charge in [0.15, 0.2) is 17.5 Å². The van der Waals surface area contributed by atoms with Gasteiger partial charge in [-0.1, -0.05) is 31.4 Å². The summed E-state index contributed by atoms with van der Waals surface area (Å²) in [5.74, 6) is -2.31. The summed E-state index contributed by atoms with van der Waals surface area (Å²) >= 11 is 5.72. The number of halogens is 3. The molecule has 0 unspecified atom stereocenters. The van der Waals surface area contributed by atoms with Gasteiger partial charge in [0, 0.05) is 25.1 Å². The van der Waals surface area contributed by atoms with Crippen LogP contribution in [0.25, 0.3) is 22.2 Å². The van der Waals surface area contributed by atoms with E-state index in [1.54, 1.807) is 12.3 Å². The summed E-state index contributed by atoms with van der Waals surface area (Å²) in [6.07, 6.45) is 6.99. The quantitative estimate of drug-likeness (QED) is 0.623. The summed E-state index contributed by atoms with van der Waals surface area (Å²) in [4.78, 5) is 20.3. The van der Waals surface area contributed by atoms with Crippen LogP contribution in [0, 0.1) is 11.6 Å². The van der Waals surface area contributed by atoms with Crippen molar-refractivity contribution < 1.29 is 8.78 Å². The van der Waals surface area contributed by atoms with Crippen LogP contribution >= 0.6 is 11.6 Å². The zero-order valence-corrected chi connectivity index (χ0v) is 14.4. The predicted molar refractivity (Wildman–Crippen MR) is 93.7 cm³/mol. The van der Waals surface area contributed by atoms with Crippen LogP contribution in [-0.4, -0.2) is 14.5 Å². The van der Waals surface area contributed by atoms with Crippen LogP contribution in [0.5, 0.6) is 0 Å². The summed E-state index contributed by atoms with van der Waals surface area (Å²) in [6, 6.07) is 2.99. The summed E-state index contributed by atoms with van der Waals surface area (Å²) in [5, 5.41) is 0.346. The summed E-state index contributed by atoms with van der Waals surface area (Å²) in [5.41, 5.74) is -0.640. The minimum absolute atomic E-state index is 0.00910. The fourth-order valence-electron chi connectivity index (χ4n) is 2.70. The van der Waals surface area contributed by atoms with E-state index in [1.807, 2.05) is 0 Å². The molecule has 7 heteroatoms. The van der Waals surface area contributed by atoms with Crippen molar-refractivity contribution >= 4 is 22.4 Å². The molecule has 0 bridgehead atoms. The largest absolute Gasteiger partial charge is 0.315 e. The number of hydrogen-bond donors (Lipinski definition) is 0. The van der Waals surface area contributed by atoms with Crippen molar-refractivity contribution in [1.82, 2.24) is 14.5 Å². The highest BCUT2D eigenvalue weighted by Gasteiger charge is 2.19. The van der Waals surface area contributed by atoms with Gasteiger partial charge in [-0.05, 0) is 23.9 Å². The highest BCUT2D eigenvalue weighted by Crippen LogP contribution is 2.27. The number of unbranched alkanes of at least 4 members (excludes halogenated alkanes) is 2. The van der Waals surface area contributed by atoms with E-state index in [0.29, 0.717) is 17.0 Å². The Kier molecular flexibility index (Phi) is 5.08. The molecule has 0 spiro atoms. The smallest absolute Gasteiger partial charge is 0.261 e. The Morgan fingerprint density at radius 3 is 2.56 bits per heavy atom. The fourth-order valence-corrected chi connectivity index (χ4v) is 2.80. The van der Waals surface area contributed by atoms with Crippen molar-refractivity contribution in [1.29, 1.82) is 0 Å². The van der Waals surface area contributed by atoms with Gasteiger partial charge in [-0.25, -0.2) is 18.7 Å². The van der Waals surface area contributed by atoms with E-state index < -0.39 is 17.2 Å². The highest BCUT2D eigenvalue weighted by atomic mass is 35.5. The van der Waals surface area contributed by atoms with E-state index in [1.165, 1.54) is 23.0 Å². The first kappa shape index (κ1) is 17.5. The molecule has 0 aliphatic heterocycles. The molecule has 0 saturated heterocycles. The van der Waals surface area contributed by atoms with Crippen molar-refractivity contribution in [2.75, 3.05) is 0 Å². The number of fused-ring (bicyclic) bond motifs is 1. The molecule has 0 fully saturated rings. The fraction of sp³-hybridized carbons (Fsp3) is 0.278. The van der Waals surface area contributed by atoms with Crippen LogP contribution in [0.2, 0.25) is 5.02 Å². The van der Waals surface area contributed by atoms with Gasteiger partial charge < -0.3 is 4.57 Å². The van der Waals surface area contributed by atoms with E-state index in [-0.39, 0.29) is 16.8 Å². The first-order chi connectivity index (χ1) is 12.0. The molecule has 2 aromatic heterocycles. The zero-order chi connectivity index (χ0) is 18.0. The van der Waals surface area contributed by atoms with Crippen LogP contribution in [0.3, 0.4) is 0 Å².